The number of nitrogens with zero attached hydrogens (tertiary/aromatic N) is 2. The Morgan fingerprint density at radius 3 is 2.96 bits per heavy atom. The average Bonchev–Trinajstić information content (AvgIpc) is 3.06. The molecule has 1 aliphatic heterocycles. The zero-order valence-electron chi connectivity index (χ0n) is 14.8. The molecule has 1 aromatic heterocycles. The molecule has 0 saturated carbocycles. The molecule has 3 rings (SSSR count). The molecular formula is C19H22FIN4O2. The molecule has 1 aromatic carbocycles. The monoisotopic (exact) mass is 484 g/mol. The standard InChI is InChI=1S/C19H22FIN4O2/c20-15-11-13(21)4-5-16(15)24-17-12-22-8-6-14(17)19(27)23-7-2-10-25-9-1-3-18(25)26/h4-6,8,11-12,18,24,26H,1-3,7,9-10H2,(H,23,27). The largest absolute Gasteiger partial charge is 0.378 e. The van der Waals surface area contributed by atoms with Gasteiger partial charge < -0.3 is 15.7 Å². The summed E-state index contributed by atoms with van der Waals surface area (Å²) in [6, 6.07) is 6.44. The highest BCUT2D eigenvalue weighted by Crippen LogP contribution is 2.23. The number of aliphatic hydroxyl groups is 1. The van der Waals surface area contributed by atoms with Crippen LogP contribution >= 0.6 is 22.6 Å². The van der Waals surface area contributed by atoms with Gasteiger partial charge in [-0.05, 0) is 66.1 Å². The lowest BCUT2D eigenvalue weighted by Crippen LogP contribution is -2.33. The number of benzene rings is 1. The second-order valence-electron chi connectivity index (χ2n) is 6.44. The van der Waals surface area contributed by atoms with E-state index in [1.54, 1.807) is 18.2 Å². The predicted octanol–water partition coefficient (Wildman–Crippen LogP) is 3.10. The van der Waals surface area contributed by atoms with Crippen LogP contribution in [-0.4, -0.2) is 46.8 Å². The van der Waals surface area contributed by atoms with Crippen LogP contribution in [0.15, 0.2) is 36.7 Å². The molecule has 6 nitrogen and oxygen atoms in total. The number of carbonyl (C=O) groups is 1. The number of anilines is 2. The molecule has 0 radical (unpaired) electrons. The fraction of sp³-hybridized carbons (Fsp3) is 0.368. The van der Waals surface area contributed by atoms with Crippen molar-refractivity contribution in [2.75, 3.05) is 25.0 Å². The first-order valence-corrected chi connectivity index (χ1v) is 9.99. The van der Waals surface area contributed by atoms with Crippen LogP contribution in [0.1, 0.15) is 29.6 Å². The lowest BCUT2D eigenvalue weighted by atomic mass is 10.2. The molecule has 27 heavy (non-hydrogen) atoms. The summed E-state index contributed by atoms with van der Waals surface area (Å²) in [5.74, 6) is -0.630. The fourth-order valence-electron chi connectivity index (χ4n) is 3.08. The Hall–Kier alpha value is -1.78. The summed E-state index contributed by atoms with van der Waals surface area (Å²) in [7, 11) is 0. The molecule has 1 unspecified atom stereocenters. The summed E-state index contributed by atoms with van der Waals surface area (Å²) in [6.07, 6.45) is 5.25. The van der Waals surface area contributed by atoms with Crippen LogP contribution in [0.2, 0.25) is 0 Å². The van der Waals surface area contributed by atoms with Crippen LogP contribution < -0.4 is 10.6 Å². The summed E-state index contributed by atoms with van der Waals surface area (Å²) >= 11 is 2.04. The van der Waals surface area contributed by atoms with E-state index >= 15 is 0 Å². The van der Waals surface area contributed by atoms with Crippen molar-refractivity contribution in [1.82, 2.24) is 15.2 Å². The molecule has 1 saturated heterocycles. The molecule has 1 amide bonds. The van der Waals surface area contributed by atoms with E-state index in [9.17, 15) is 14.3 Å². The van der Waals surface area contributed by atoms with Gasteiger partial charge in [0.25, 0.3) is 5.91 Å². The minimum atomic E-state index is -0.388. The molecule has 2 heterocycles. The van der Waals surface area contributed by atoms with E-state index < -0.39 is 0 Å². The minimum absolute atomic E-state index is 0.243. The van der Waals surface area contributed by atoms with Crippen molar-refractivity contribution in [3.05, 3.63) is 51.6 Å². The minimum Gasteiger partial charge on any atom is -0.378 e. The van der Waals surface area contributed by atoms with Crippen LogP contribution in [0, 0.1) is 9.39 Å². The van der Waals surface area contributed by atoms with Crippen molar-refractivity contribution >= 4 is 39.9 Å². The molecule has 3 N–H and O–H groups in total. The number of likely N-dealkylation sites (tertiary alicyclic amines) is 1. The van der Waals surface area contributed by atoms with Crippen LogP contribution in [0.3, 0.4) is 0 Å². The summed E-state index contributed by atoms with van der Waals surface area (Å²) in [5.41, 5.74) is 1.15. The number of halogens is 2. The van der Waals surface area contributed by atoms with Crippen molar-refractivity contribution in [3.63, 3.8) is 0 Å². The first-order valence-electron chi connectivity index (χ1n) is 8.91. The molecule has 0 bridgehead atoms. The maximum atomic E-state index is 14.1. The van der Waals surface area contributed by atoms with Gasteiger partial charge in [0, 0.05) is 29.4 Å². The highest BCUT2D eigenvalue weighted by molar-refractivity contribution is 14.1. The maximum absolute atomic E-state index is 14.1. The smallest absolute Gasteiger partial charge is 0.253 e. The quantitative estimate of drug-likeness (QED) is 0.416. The highest BCUT2D eigenvalue weighted by atomic mass is 127. The van der Waals surface area contributed by atoms with Gasteiger partial charge in [0.05, 0.1) is 23.1 Å². The molecule has 1 atom stereocenters. The Morgan fingerprint density at radius 2 is 2.22 bits per heavy atom. The number of aliphatic hydroxyl groups excluding tert-OH is 1. The molecule has 2 aromatic rings. The third kappa shape index (κ3) is 5.36. The first-order chi connectivity index (χ1) is 13.0. The SMILES string of the molecule is O=C(NCCCN1CCCC1O)c1ccncc1Nc1ccc(I)cc1F. The number of pyridine rings is 1. The molecule has 8 heteroatoms. The van der Waals surface area contributed by atoms with Gasteiger partial charge in [-0.25, -0.2) is 4.39 Å². The van der Waals surface area contributed by atoms with E-state index in [-0.39, 0.29) is 18.0 Å². The summed E-state index contributed by atoms with van der Waals surface area (Å²) in [6.45, 7) is 2.15. The lowest BCUT2D eigenvalue weighted by Gasteiger charge is -2.19. The van der Waals surface area contributed by atoms with E-state index in [0.717, 1.165) is 35.9 Å². The summed E-state index contributed by atoms with van der Waals surface area (Å²) in [4.78, 5) is 18.6. The Balaban J connectivity index is 1.58. The van der Waals surface area contributed by atoms with Crippen molar-refractivity contribution in [1.29, 1.82) is 0 Å². The van der Waals surface area contributed by atoms with E-state index in [1.807, 2.05) is 27.5 Å². The van der Waals surface area contributed by atoms with Gasteiger partial charge in [-0.3, -0.25) is 14.7 Å². The first kappa shape index (κ1) is 20.0. The summed E-state index contributed by atoms with van der Waals surface area (Å²) in [5, 5.41) is 15.6. The molecule has 1 aliphatic rings. The van der Waals surface area contributed by atoms with Gasteiger partial charge in [-0.1, -0.05) is 0 Å². The third-order valence-electron chi connectivity index (χ3n) is 4.50. The van der Waals surface area contributed by atoms with Gasteiger partial charge in [0.1, 0.15) is 12.0 Å². The van der Waals surface area contributed by atoms with E-state index in [0.29, 0.717) is 23.5 Å². The van der Waals surface area contributed by atoms with Gasteiger partial charge in [0.2, 0.25) is 0 Å². The Bertz CT molecular complexity index is 805. The molecule has 0 spiro atoms. The van der Waals surface area contributed by atoms with E-state index in [4.69, 9.17) is 0 Å². The lowest BCUT2D eigenvalue weighted by molar-refractivity contribution is 0.0377. The number of hydrogen-bond donors (Lipinski definition) is 3. The topological polar surface area (TPSA) is 77.5 Å². The van der Waals surface area contributed by atoms with E-state index in [2.05, 4.69) is 15.6 Å². The average molecular weight is 484 g/mol. The molecule has 144 valence electrons. The van der Waals surface area contributed by atoms with Gasteiger partial charge in [0.15, 0.2) is 0 Å². The second kappa shape index (κ2) is 9.43. The van der Waals surface area contributed by atoms with Gasteiger partial charge in [-0.15, -0.1) is 0 Å². The number of carbonyl (C=O) groups excluding carboxylic acids is 1. The van der Waals surface area contributed by atoms with Crippen molar-refractivity contribution < 1.29 is 14.3 Å². The number of amides is 1. The van der Waals surface area contributed by atoms with E-state index in [1.165, 1.54) is 18.5 Å². The number of nitrogens with one attached hydrogen (secondary N) is 2. The Labute approximate surface area is 171 Å². The van der Waals surface area contributed by atoms with Gasteiger partial charge in [-0.2, -0.15) is 0 Å². The zero-order valence-corrected chi connectivity index (χ0v) is 16.9. The van der Waals surface area contributed by atoms with Crippen molar-refractivity contribution in [3.8, 4) is 0 Å². The Kier molecular flexibility index (Phi) is 6.97. The maximum Gasteiger partial charge on any atom is 0.253 e. The Morgan fingerprint density at radius 1 is 1.37 bits per heavy atom. The number of aromatic nitrogens is 1. The van der Waals surface area contributed by atoms with Crippen molar-refractivity contribution in [2.24, 2.45) is 0 Å². The highest BCUT2D eigenvalue weighted by Gasteiger charge is 2.21. The predicted molar refractivity (Wildman–Crippen MR) is 110 cm³/mol. The number of hydrogen-bond acceptors (Lipinski definition) is 5. The number of rotatable bonds is 7. The van der Waals surface area contributed by atoms with Crippen LogP contribution in [0.25, 0.3) is 0 Å². The fourth-order valence-corrected chi connectivity index (χ4v) is 3.53. The molecule has 1 fully saturated rings. The van der Waals surface area contributed by atoms with Crippen molar-refractivity contribution in [2.45, 2.75) is 25.5 Å². The second-order valence-corrected chi connectivity index (χ2v) is 7.68. The molecular weight excluding hydrogens is 462 g/mol. The van der Waals surface area contributed by atoms with Crippen LogP contribution in [-0.2, 0) is 0 Å². The third-order valence-corrected chi connectivity index (χ3v) is 5.17. The van der Waals surface area contributed by atoms with Crippen LogP contribution in [0.4, 0.5) is 15.8 Å². The zero-order chi connectivity index (χ0) is 19.2. The van der Waals surface area contributed by atoms with Crippen LogP contribution in [0.5, 0.6) is 0 Å². The molecule has 0 aliphatic carbocycles. The van der Waals surface area contributed by atoms with Gasteiger partial charge >= 0.3 is 0 Å². The summed E-state index contributed by atoms with van der Waals surface area (Å²) < 4.78 is 14.9. The normalized spacial score (nSPS) is 17.1.